The number of aromatic hydroxyl groups is 1. The van der Waals surface area contributed by atoms with E-state index in [9.17, 15) is 9.90 Å². The van der Waals surface area contributed by atoms with Gasteiger partial charge in [-0.1, -0.05) is 0 Å². The molecule has 0 atom stereocenters. The Labute approximate surface area is 100 Å². The molecule has 1 heterocycles. The molecule has 0 spiro atoms. The standard InChI is InChI=1S/C14H16O3/c1-8-6-14-11(7-12(8)16)10(3)13(17-14)5-4-9(2)15/h6-7,16H,4-5H2,1-3H3. The van der Waals surface area contributed by atoms with Crippen molar-refractivity contribution in [2.24, 2.45) is 0 Å². The Hall–Kier alpha value is -1.77. The molecule has 3 nitrogen and oxygen atoms in total. The molecular weight excluding hydrogens is 216 g/mol. The number of carbonyl (C=O) groups excluding carboxylic acids is 1. The smallest absolute Gasteiger partial charge is 0.135 e. The fraction of sp³-hybridized carbons (Fsp3) is 0.357. The van der Waals surface area contributed by atoms with Crippen LogP contribution in [0.4, 0.5) is 0 Å². The molecule has 1 N–H and O–H groups in total. The minimum absolute atomic E-state index is 0.156. The molecule has 3 heteroatoms. The molecule has 90 valence electrons. The number of ketones is 1. The lowest BCUT2D eigenvalue weighted by molar-refractivity contribution is -0.117. The van der Waals surface area contributed by atoms with Crippen LogP contribution in [-0.2, 0) is 11.2 Å². The number of aryl methyl sites for hydroxylation is 3. The summed E-state index contributed by atoms with van der Waals surface area (Å²) in [6, 6.07) is 3.55. The third-order valence-corrected chi connectivity index (χ3v) is 3.06. The first kappa shape index (κ1) is 11.7. The summed E-state index contributed by atoms with van der Waals surface area (Å²) < 4.78 is 5.72. The maximum Gasteiger partial charge on any atom is 0.135 e. The molecule has 1 aromatic carbocycles. The average molecular weight is 232 g/mol. The van der Waals surface area contributed by atoms with Gasteiger partial charge in [0.05, 0.1) is 0 Å². The summed E-state index contributed by atoms with van der Waals surface area (Å²) in [4.78, 5) is 11.0. The predicted molar refractivity (Wildman–Crippen MR) is 66.4 cm³/mol. The average Bonchev–Trinajstić information content (AvgIpc) is 2.54. The predicted octanol–water partition coefficient (Wildman–Crippen LogP) is 3.28. The molecule has 2 aromatic rings. The lowest BCUT2D eigenvalue weighted by atomic mass is 10.1. The van der Waals surface area contributed by atoms with E-state index in [-0.39, 0.29) is 11.5 Å². The van der Waals surface area contributed by atoms with Crippen molar-refractivity contribution in [3.63, 3.8) is 0 Å². The highest BCUT2D eigenvalue weighted by Crippen LogP contribution is 2.31. The van der Waals surface area contributed by atoms with Gasteiger partial charge < -0.3 is 14.3 Å². The van der Waals surface area contributed by atoms with Crippen molar-refractivity contribution in [3.05, 3.63) is 29.0 Å². The number of hydrogen-bond donors (Lipinski definition) is 1. The zero-order chi connectivity index (χ0) is 12.6. The Morgan fingerprint density at radius 1 is 1.35 bits per heavy atom. The molecule has 0 radical (unpaired) electrons. The van der Waals surface area contributed by atoms with E-state index in [1.54, 1.807) is 13.0 Å². The first-order valence-corrected chi connectivity index (χ1v) is 5.70. The minimum atomic E-state index is 0.156. The molecule has 0 saturated carbocycles. The quantitative estimate of drug-likeness (QED) is 0.883. The molecule has 0 aliphatic heterocycles. The number of fused-ring (bicyclic) bond motifs is 1. The van der Waals surface area contributed by atoms with Crippen molar-refractivity contribution in [1.29, 1.82) is 0 Å². The van der Waals surface area contributed by atoms with E-state index in [1.807, 2.05) is 19.9 Å². The number of rotatable bonds is 3. The fourth-order valence-corrected chi connectivity index (χ4v) is 1.94. The molecule has 0 saturated heterocycles. The van der Waals surface area contributed by atoms with Crippen molar-refractivity contribution in [3.8, 4) is 5.75 Å². The topological polar surface area (TPSA) is 50.4 Å². The van der Waals surface area contributed by atoms with Gasteiger partial charge in [-0.25, -0.2) is 0 Å². The zero-order valence-electron chi connectivity index (χ0n) is 10.3. The van der Waals surface area contributed by atoms with E-state index < -0.39 is 0 Å². The van der Waals surface area contributed by atoms with Crippen LogP contribution in [0.25, 0.3) is 11.0 Å². The number of benzene rings is 1. The van der Waals surface area contributed by atoms with Crippen molar-refractivity contribution >= 4 is 16.8 Å². The van der Waals surface area contributed by atoms with Gasteiger partial charge in [0.15, 0.2) is 0 Å². The van der Waals surface area contributed by atoms with Crippen LogP contribution in [0.2, 0.25) is 0 Å². The molecule has 0 amide bonds. The summed E-state index contributed by atoms with van der Waals surface area (Å²) in [6.45, 7) is 5.37. The van der Waals surface area contributed by atoms with Gasteiger partial charge >= 0.3 is 0 Å². The monoisotopic (exact) mass is 232 g/mol. The van der Waals surface area contributed by atoms with Gasteiger partial charge in [0, 0.05) is 18.2 Å². The molecule has 0 aliphatic rings. The third kappa shape index (κ3) is 2.18. The minimum Gasteiger partial charge on any atom is -0.508 e. The highest BCUT2D eigenvalue weighted by atomic mass is 16.3. The lowest BCUT2D eigenvalue weighted by Crippen LogP contribution is -1.93. The SMILES string of the molecule is CC(=O)CCc1oc2cc(C)c(O)cc2c1C. The Kier molecular flexibility index (Phi) is 2.92. The first-order chi connectivity index (χ1) is 7.99. The zero-order valence-corrected chi connectivity index (χ0v) is 10.3. The maximum absolute atomic E-state index is 11.0. The summed E-state index contributed by atoms with van der Waals surface area (Å²) in [5.74, 6) is 1.27. The molecule has 1 aromatic heterocycles. The van der Waals surface area contributed by atoms with E-state index in [1.165, 1.54) is 0 Å². The van der Waals surface area contributed by atoms with E-state index in [4.69, 9.17) is 4.42 Å². The number of hydrogen-bond acceptors (Lipinski definition) is 3. The van der Waals surface area contributed by atoms with Crippen LogP contribution >= 0.6 is 0 Å². The third-order valence-electron chi connectivity index (χ3n) is 3.06. The number of phenols is 1. The van der Waals surface area contributed by atoms with Gasteiger partial charge in [-0.05, 0) is 44.0 Å². The number of Topliss-reactive ketones (excluding diaryl/α,β-unsaturated/α-hetero) is 1. The fourth-order valence-electron chi connectivity index (χ4n) is 1.94. The number of phenolic OH excluding ortho intramolecular Hbond substituents is 1. The summed E-state index contributed by atoms with van der Waals surface area (Å²) in [6.07, 6.45) is 1.11. The van der Waals surface area contributed by atoms with Gasteiger partial charge in [0.25, 0.3) is 0 Å². The van der Waals surface area contributed by atoms with Crippen molar-refractivity contribution < 1.29 is 14.3 Å². The van der Waals surface area contributed by atoms with E-state index in [0.717, 1.165) is 27.9 Å². The summed E-state index contributed by atoms with van der Waals surface area (Å²) in [5, 5.41) is 10.6. The second-order valence-electron chi connectivity index (χ2n) is 4.49. The highest BCUT2D eigenvalue weighted by Gasteiger charge is 2.12. The van der Waals surface area contributed by atoms with Crippen molar-refractivity contribution in [1.82, 2.24) is 0 Å². The molecular formula is C14H16O3. The van der Waals surface area contributed by atoms with Crippen molar-refractivity contribution in [2.45, 2.75) is 33.6 Å². The van der Waals surface area contributed by atoms with Crippen molar-refractivity contribution in [2.75, 3.05) is 0 Å². The Balaban J connectivity index is 2.45. The van der Waals surface area contributed by atoms with Crippen LogP contribution in [0.3, 0.4) is 0 Å². The van der Waals surface area contributed by atoms with Gasteiger partial charge in [-0.2, -0.15) is 0 Å². The van der Waals surface area contributed by atoms with Gasteiger partial charge in [0.1, 0.15) is 22.9 Å². The van der Waals surface area contributed by atoms with Gasteiger partial charge in [0.2, 0.25) is 0 Å². The maximum atomic E-state index is 11.0. The summed E-state index contributed by atoms with van der Waals surface area (Å²) in [7, 11) is 0. The van der Waals surface area contributed by atoms with E-state index >= 15 is 0 Å². The van der Waals surface area contributed by atoms with Crippen LogP contribution in [0, 0.1) is 13.8 Å². The van der Waals surface area contributed by atoms with E-state index in [0.29, 0.717) is 12.8 Å². The lowest BCUT2D eigenvalue weighted by Gasteiger charge is -1.97. The molecule has 2 rings (SSSR count). The Morgan fingerprint density at radius 2 is 2.06 bits per heavy atom. The Bertz CT molecular complexity index is 579. The van der Waals surface area contributed by atoms with Gasteiger partial charge in [-0.3, -0.25) is 0 Å². The summed E-state index contributed by atoms with van der Waals surface area (Å²) in [5.41, 5.74) is 2.58. The molecule has 0 unspecified atom stereocenters. The molecule has 0 fully saturated rings. The van der Waals surface area contributed by atoms with Gasteiger partial charge in [-0.15, -0.1) is 0 Å². The van der Waals surface area contributed by atoms with Crippen LogP contribution in [0.15, 0.2) is 16.5 Å². The Morgan fingerprint density at radius 3 is 2.71 bits per heavy atom. The molecule has 17 heavy (non-hydrogen) atoms. The number of carbonyl (C=O) groups is 1. The normalized spacial score (nSPS) is 11.0. The second kappa shape index (κ2) is 4.24. The van der Waals surface area contributed by atoms with Crippen LogP contribution in [0.5, 0.6) is 5.75 Å². The van der Waals surface area contributed by atoms with Crippen LogP contribution in [-0.4, -0.2) is 10.9 Å². The first-order valence-electron chi connectivity index (χ1n) is 5.70. The summed E-state index contributed by atoms with van der Waals surface area (Å²) >= 11 is 0. The largest absolute Gasteiger partial charge is 0.508 e. The second-order valence-corrected chi connectivity index (χ2v) is 4.49. The molecule has 0 bridgehead atoms. The number of furan rings is 1. The van der Waals surface area contributed by atoms with Crippen LogP contribution in [0.1, 0.15) is 30.2 Å². The van der Waals surface area contributed by atoms with Crippen LogP contribution < -0.4 is 0 Å². The molecule has 0 aliphatic carbocycles. The van der Waals surface area contributed by atoms with E-state index in [2.05, 4.69) is 0 Å². The highest BCUT2D eigenvalue weighted by molar-refractivity contribution is 5.84.